The predicted octanol–water partition coefficient (Wildman–Crippen LogP) is 2.49. The number of carbonyl (C=O) groups is 2. The third-order valence-corrected chi connectivity index (χ3v) is 3.99. The molecule has 2 rings (SSSR count). The van der Waals surface area contributed by atoms with Crippen LogP contribution in [-0.4, -0.2) is 38.6 Å². The molecule has 0 aliphatic carbocycles. The third-order valence-electron chi connectivity index (χ3n) is 3.99. The van der Waals surface area contributed by atoms with Gasteiger partial charge in [0.15, 0.2) is 0 Å². The zero-order chi connectivity index (χ0) is 19.6. The van der Waals surface area contributed by atoms with E-state index in [-0.39, 0.29) is 18.4 Å². The van der Waals surface area contributed by atoms with Gasteiger partial charge in [-0.05, 0) is 44.0 Å². The van der Waals surface area contributed by atoms with Crippen molar-refractivity contribution in [3.8, 4) is 11.5 Å². The van der Waals surface area contributed by atoms with Gasteiger partial charge in [0.1, 0.15) is 11.5 Å². The minimum atomic E-state index is -0.338. The maximum Gasteiger partial charge on any atom is 0.255 e. The molecular formula is C21H26N2O4. The number of methoxy groups -OCH3 is 1. The number of nitrogens with one attached hydrogen (secondary N) is 2. The summed E-state index contributed by atoms with van der Waals surface area (Å²) in [5.74, 6) is 0.721. The number of para-hydroxylation sites is 1. The van der Waals surface area contributed by atoms with E-state index in [1.807, 2.05) is 32.0 Å². The number of amides is 2. The summed E-state index contributed by atoms with van der Waals surface area (Å²) in [6, 6.07) is 12.9. The van der Waals surface area contributed by atoms with E-state index in [2.05, 4.69) is 10.6 Å². The topological polar surface area (TPSA) is 76.7 Å². The van der Waals surface area contributed by atoms with Crippen molar-refractivity contribution in [1.29, 1.82) is 0 Å². The summed E-state index contributed by atoms with van der Waals surface area (Å²) in [5, 5.41) is 5.43. The summed E-state index contributed by atoms with van der Waals surface area (Å²) in [6.07, 6.45) is 0.651. The number of hydrogen-bond donors (Lipinski definition) is 2. The van der Waals surface area contributed by atoms with E-state index in [0.29, 0.717) is 30.9 Å². The van der Waals surface area contributed by atoms with Gasteiger partial charge in [-0.2, -0.15) is 0 Å². The van der Waals surface area contributed by atoms with Gasteiger partial charge in [0, 0.05) is 6.54 Å². The van der Waals surface area contributed by atoms with Crippen molar-refractivity contribution in [2.45, 2.75) is 20.3 Å². The lowest BCUT2D eigenvalue weighted by Gasteiger charge is -2.12. The zero-order valence-corrected chi connectivity index (χ0v) is 16.0. The van der Waals surface area contributed by atoms with Crippen molar-refractivity contribution in [2.75, 3.05) is 26.8 Å². The van der Waals surface area contributed by atoms with Crippen LogP contribution >= 0.6 is 0 Å². The highest BCUT2D eigenvalue weighted by Crippen LogP contribution is 2.20. The quantitative estimate of drug-likeness (QED) is 0.711. The van der Waals surface area contributed by atoms with E-state index in [1.165, 1.54) is 0 Å². The number of carbonyl (C=O) groups excluding carboxylic acids is 2. The third kappa shape index (κ3) is 6.02. The lowest BCUT2D eigenvalue weighted by Crippen LogP contribution is -2.37. The van der Waals surface area contributed by atoms with Gasteiger partial charge in [-0.25, -0.2) is 0 Å². The van der Waals surface area contributed by atoms with Gasteiger partial charge in [-0.1, -0.05) is 29.8 Å². The number of benzene rings is 2. The first-order valence-corrected chi connectivity index (χ1v) is 8.95. The molecule has 0 aliphatic heterocycles. The SMILES string of the molecule is CCOc1ccccc1C(=O)NCC(=O)NCCc1cc(C)ccc1OC. The Morgan fingerprint density at radius 2 is 1.81 bits per heavy atom. The lowest BCUT2D eigenvalue weighted by atomic mass is 10.1. The highest BCUT2D eigenvalue weighted by molar-refractivity contribution is 5.98. The Balaban J connectivity index is 1.81. The molecule has 2 aromatic rings. The van der Waals surface area contributed by atoms with Gasteiger partial charge in [-0.15, -0.1) is 0 Å². The van der Waals surface area contributed by atoms with Gasteiger partial charge in [-0.3, -0.25) is 9.59 Å². The van der Waals surface area contributed by atoms with Crippen molar-refractivity contribution in [1.82, 2.24) is 10.6 Å². The second kappa shape index (κ2) is 10.2. The molecule has 144 valence electrons. The summed E-state index contributed by atoms with van der Waals surface area (Å²) in [7, 11) is 1.63. The van der Waals surface area contributed by atoms with Crippen LogP contribution in [0.4, 0.5) is 0 Å². The molecule has 27 heavy (non-hydrogen) atoms. The van der Waals surface area contributed by atoms with Crippen molar-refractivity contribution in [3.05, 3.63) is 59.2 Å². The van der Waals surface area contributed by atoms with Gasteiger partial charge in [0.2, 0.25) is 5.91 Å². The number of hydrogen-bond acceptors (Lipinski definition) is 4. The smallest absolute Gasteiger partial charge is 0.255 e. The molecule has 0 fully saturated rings. The first kappa shape index (κ1) is 20.3. The maximum atomic E-state index is 12.3. The molecule has 0 atom stereocenters. The molecule has 0 saturated heterocycles. The van der Waals surface area contributed by atoms with Gasteiger partial charge >= 0.3 is 0 Å². The van der Waals surface area contributed by atoms with Crippen LogP contribution < -0.4 is 20.1 Å². The Hall–Kier alpha value is -3.02. The maximum absolute atomic E-state index is 12.3. The van der Waals surface area contributed by atoms with E-state index in [0.717, 1.165) is 16.9 Å². The highest BCUT2D eigenvalue weighted by Gasteiger charge is 2.13. The average molecular weight is 370 g/mol. The molecule has 0 saturated carbocycles. The Labute approximate surface area is 159 Å². The van der Waals surface area contributed by atoms with Crippen molar-refractivity contribution >= 4 is 11.8 Å². The van der Waals surface area contributed by atoms with Gasteiger partial charge in [0.05, 0.1) is 25.8 Å². The Morgan fingerprint density at radius 3 is 2.56 bits per heavy atom. The number of ether oxygens (including phenoxy) is 2. The van der Waals surface area contributed by atoms with Crippen LogP contribution in [0.5, 0.6) is 11.5 Å². The fourth-order valence-corrected chi connectivity index (χ4v) is 2.69. The van der Waals surface area contributed by atoms with Crippen LogP contribution in [-0.2, 0) is 11.2 Å². The van der Waals surface area contributed by atoms with E-state index < -0.39 is 0 Å². The molecule has 2 aromatic carbocycles. The molecular weight excluding hydrogens is 344 g/mol. The van der Waals surface area contributed by atoms with Crippen molar-refractivity contribution in [3.63, 3.8) is 0 Å². The van der Waals surface area contributed by atoms with Crippen LogP contribution in [0, 0.1) is 6.92 Å². The van der Waals surface area contributed by atoms with Crippen LogP contribution in [0.3, 0.4) is 0 Å². The second-order valence-corrected chi connectivity index (χ2v) is 6.03. The van der Waals surface area contributed by atoms with E-state index in [9.17, 15) is 9.59 Å². The number of rotatable bonds is 9. The predicted molar refractivity (Wildman–Crippen MR) is 104 cm³/mol. The normalized spacial score (nSPS) is 10.2. The lowest BCUT2D eigenvalue weighted by molar-refractivity contribution is -0.120. The zero-order valence-electron chi connectivity index (χ0n) is 16.0. The van der Waals surface area contributed by atoms with Crippen molar-refractivity contribution in [2.24, 2.45) is 0 Å². The first-order valence-electron chi connectivity index (χ1n) is 8.95. The molecule has 2 amide bonds. The molecule has 6 heteroatoms. The fraction of sp³-hybridized carbons (Fsp3) is 0.333. The van der Waals surface area contributed by atoms with E-state index in [1.54, 1.807) is 31.4 Å². The molecule has 0 aromatic heterocycles. The standard InChI is InChI=1S/C21H26N2O4/c1-4-27-19-8-6-5-7-17(19)21(25)23-14-20(24)22-12-11-16-13-15(2)9-10-18(16)26-3/h5-10,13H,4,11-12,14H2,1-3H3,(H,22,24)(H,23,25). The number of aryl methyl sites for hydroxylation is 1. The van der Waals surface area contributed by atoms with Crippen LogP contribution in [0.25, 0.3) is 0 Å². The highest BCUT2D eigenvalue weighted by atomic mass is 16.5. The van der Waals surface area contributed by atoms with E-state index in [4.69, 9.17) is 9.47 Å². The molecule has 2 N–H and O–H groups in total. The summed E-state index contributed by atoms with van der Waals surface area (Å²) in [4.78, 5) is 24.3. The van der Waals surface area contributed by atoms with Crippen LogP contribution in [0.15, 0.2) is 42.5 Å². The summed E-state index contributed by atoms with van der Waals surface area (Å²) >= 11 is 0. The minimum absolute atomic E-state index is 0.0930. The molecule has 0 spiro atoms. The first-order chi connectivity index (χ1) is 13.0. The van der Waals surface area contributed by atoms with Crippen molar-refractivity contribution < 1.29 is 19.1 Å². The summed E-state index contributed by atoms with van der Waals surface area (Å²) in [6.45, 7) is 4.70. The molecule has 0 bridgehead atoms. The second-order valence-electron chi connectivity index (χ2n) is 6.03. The van der Waals surface area contributed by atoms with E-state index >= 15 is 0 Å². The Morgan fingerprint density at radius 1 is 1.04 bits per heavy atom. The van der Waals surface area contributed by atoms with Crippen LogP contribution in [0.2, 0.25) is 0 Å². The minimum Gasteiger partial charge on any atom is -0.496 e. The Bertz CT molecular complexity index is 790. The molecule has 0 unspecified atom stereocenters. The average Bonchev–Trinajstić information content (AvgIpc) is 2.67. The molecule has 0 heterocycles. The molecule has 0 aliphatic rings. The summed E-state index contributed by atoms with van der Waals surface area (Å²) in [5.41, 5.74) is 2.58. The van der Waals surface area contributed by atoms with Gasteiger partial charge < -0.3 is 20.1 Å². The van der Waals surface area contributed by atoms with Crippen LogP contribution in [0.1, 0.15) is 28.4 Å². The fourth-order valence-electron chi connectivity index (χ4n) is 2.69. The summed E-state index contributed by atoms with van der Waals surface area (Å²) < 4.78 is 10.8. The monoisotopic (exact) mass is 370 g/mol. The molecule has 0 radical (unpaired) electrons. The largest absolute Gasteiger partial charge is 0.496 e. The Kier molecular flexibility index (Phi) is 7.67. The van der Waals surface area contributed by atoms with Gasteiger partial charge in [0.25, 0.3) is 5.91 Å². The molecule has 6 nitrogen and oxygen atoms in total.